The number of nitriles is 1. The highest BCUT2D eigenvalue weighted by molar-refractivity contribution is 7.98. The highest BCUT2D eigenvalue weighted by atomic mass is 32.2. The molecule has 2 fully saturated rings. The van der Waals surface area contributed by atoms with E-state index in [-0.39, 0.29) is 34.3 Å². The predicted octanol–water partition coefficient (Wildman–Crippen LogP) is 5.24. The molecule has 1 unspecified atom stereocenters. The van der Waals surface area contributed by atoms with Gasteiger partial charge in [0.1, 0.15) is 17.4 Å². The number of nitrogens with zero attached hydrogens (tertiary/aromatic N) is 4. The van der Waals surface area contributed by atoms with Crippen LogP contribution < -0.4 is 20.3 Å². The number of benzene rings is 2. The smallest absolute Gasteiger partial charge is 0.261 e. The number of nitrogens with one attached hydrogen (secondary N) is 2. The minimum atomic E-state index is -0.671. The summed E-state index contributed by atoms with van der Waals surface area (Å²) in [5, 5.41) is 13.5. The topological polar surface area (TPSA) is 104 Å². The summed E-state index contributed by atoms with van der Waals surface area (Å²) >= 11 is 1.29. The molecule has 1 spiro atoms. The molecule has 2 aromatic carbocycles. The summed E-state index contributed by atoms with van der Waals surface area (Å²) in [7, 11) is 1.89. The van der Waals surface area contributed by atoms with Crippen LogP contribution in [-0.2, 0) is 4.74 Å². The second-order valence-corrected chi connectivity index (χ2v) is 10.4. The van der Waals surface area contributed by atoms with E-state index < -0.39 is 5.82 Å². The van der Waals surface area contributed by atoms with Crippen LogP contribution in [0.15, 0.2) is 41.5 Å². The van der Waals surface area contributed by atoms with Crippen molar-refractivity contribution < 1.29 is 13.9 Å². The zero-order valence-corrected chi connectivity index (χ0v) is 23.6. The van der Waals surface area contributed by atoms with E-state index in [1.54, 1.807) is 29.1 Å². The molecule has 208 valence electrons. The van der Waals surface area contributed by atoms with Crippen LogP contribution in [0.2, 0.25) is 0 Å². The van der Waals surface area contributed by atoms with Crippen LogP contribution in [0.5, 0.6) is 11.5 Å². The van der Waals surface area contributed by atoms with Crippen molar-refractivity contribution in [3.05, 3.63) is 58.4 Å². The molecular weight excluding hydrogens is 519 g/mol. The van der Waals surface area contributed by atoms with Gasteiger partial charge < -0.3 is 19.5 Å². The Morgan fingerprint density at radius 2 is 2.10 bits per heavy atom. The summed E-state index contributed by atoms with van der Waals surface area (Å²) in [6, 6.07) is 9.51. The fourth-order valence-corrected chi connectivity index (χ4v) is 5.38. The first-order valence-corrected chi connectivity index (χ1v) is 14.1. The number of aromatic nitrogens is 2. The summed E-state index contributed by atoms with van der Waals surface area (Å²) in [4.78, 5) is 17.9. The van der Waals surface area contributed by atoms with Crippen molar-refractivity contribution in [3.8, 4) is 17.6 Å². The number of anilines is 1. The second kappa shape index (κ2) is 12.8. The maximum atomic E-state index is 14.8. The maximum absolute atomic E-state index is 14.8. The number of hydrogen-bond acceptors (Lipinski definition) is 9. The van der Waals surface area contributed by atoms with Crippen molar-refractivity contribution in [2.75, 3.05) is 38.0 Å². The number of fused-ring (bicyclic) bond motifs is 1. The normalized spacial score (nSPS) is 18.0. The Kier molecular flexibility index (Phi) is 9.45. The lowest BCUT2D eigenvalue weighted by Gasteiger charge is -2.32. The molecule has 3 aromatic rings. The minimum absolute atomic E-state index is 0.0380. The Balaban J connectivity index is 0.00000172. The molecule has 0 bridgehead atoms. The molecule has 2 saturated heterocycles. The second-order valence-electron chi connectivity index (χ2n) is 9.39. The third kappa shape index (κ3) is 6.20. The van der Waals surface area contributed by atoms with Gasteiger partial charge in [-0.15, -0.1) is 0 Å². The monoisotopic (exact) mass is 554 g/mol. The molecule has 39 heavy (non-hydrogen) atoms. The van der Waals surface area contributed by atoms with Crippen LogP contribution in [0, 0.1) is 17.1 Å². The number of ether oxygens (including phenoxy) is 2. The average Bonchev–Trinajstić information content (AvgIpc) is 3.37. The standard InChI is InChI=1S/C26H29FN6O3S.C2H6/c1-3-32(2)37-31-23-7-5-21(27)24(20(23)14-28)36-18-4-6-22-19(12-18)25(34)33(16-30-22)17-13-26(35-15-17)8-10-29-11-9-26;1-2/h4-7,12,16-17,29,31H,3,8-11,13,15H2,1-2H3;1-2H3. The quantitative estimate of drug-likeness (QED) is 0.380. The molecule has 2 aliphatic rings. The third-order valence-corrected chi connectivity index (χ3v) is 7.93. The minimum Gasteiger partial charge on any atom is -0.453 e. The summed E-state index contributed by atoms with van der Waals surface area (Å²) < 4.78 is 33.4. The molecule has 9 nitrogen and oxygen atoms in total. The molecule has 1 aromatic heterocycles. The van der Waals surface area contributed by atoms with Gasteiger partial charge in [0, 0.05) is 18.7 Å². The summed E-state index contributed by atoms with van der Waals surface area (Å²) in [6.07, 6.45) is 4.18. The Hall–Kier alpha value is -3.17. The van der Waals surface area contributed by atoms with Gasteiger partial charge in [-0.3, -0.25) is 9.36 Å². The Labute approximate surface area is 232 Å². The molecule has 11 heteroatoms. The molecule has 2 N–H and O–H groups in total. The first-order chi connectivity index (χ1) is 18.9. The van der Waals surface area contributed by atoms with Crippen molar-refractivity contribution in [1.82, 2.24) is 19.2 Å². The Morgan fingerprint density at radius 3 is 2.82 bits per heavy atom. The fraction of sp³-hybridized carbons (Fsp3) is 0.464. The molecular formula is C28H35FN6O3S. The van der Waals surface area contributed by atoms with E-state index in [0.717, 1.165) is 38.9 Å². The van der Waals surface area contributed by atoms with Crippen molar-refractivity contribution >= 4 is 28.7 Å². The van der Waals surface area contributed by atoms with Crippen LogP contribution in [0.4, 0.5) is 10.1 Å². The lowest BCUT2D eigenvalue weighted by Crippen LogP contribution is -2.41. The first-order valence-electron chi connectivity index (χ1n) is 13.3. The van der Waals surface area contributed by atoms with Crippen LogP contribution in [-0.4, -0.2) is 52.7 Å². The van der Waals surface area contributed by atoms with Gasteiger partial charge in [0.25, 0.3) is 5.56 Å². The molecule has 5 rings (SSSR count). The molecule has 0 radical (unpaired) electrons. The maximum Gasteiger partial charge on any atom is 0.261 e. The van der Waals surface area contributed by atoms with Gasteiger partial charge in [0.15, 0.2) is 11.6 Å². The van der Waals surface area contributed by atoms with Crippen molar-refractivity contribution in [1.29, 1.82) is 5.26 Å². The number of rotatable bonds is 7. The SMILES string of the molecule is CC.CCN(C)SNc1ccc(F)c(Oc2ccc3ncn(C4COC5(CCNCC5)C4)c(=O)c3c2)c1C#N. The lowest BCUT2D eigenvalue weighted by molar-refractivity contribution is -0.0196. The van der Waals surface area contributed by atoms with E-state index >= 15 is 0 Å². The molecule has 2 aliphatic heterocycles. The zero-order valence-electron chi connectivity index (χ0n) is 22.8. The molecule has 0 saturated carbocycles. The van der Waals surface area contributed by atoms with Gasteiger partial charge in [-0.25, -0.2) is 13.7 Å². The van der Waals surface area contributed by atoms with Gasteiger partial charge in [0.05, 0.1) is 41.2 Å². The predicted molar refractivity (Wildman–Crippen MR) is 152 cm³/mol. The number of hydrogen-bond donors (Lipinski definition) is 2. The van der Waals surface area contributed by atoms with Crippen LogP contribution in [0.1, 0.15) is 51.6 Å². The lowest BCUT2D eigenvalue weighted by atomic mass is 9.88. The van der Waals surface area contributed by atoms with Crippen LogP contribution in [0.25, 0.3) is 10.9 Å². The highest BCUT2D eigenvalue weighted by Gasteiger charge is 2.42. The van der Waals surface area contributed by atoms with Gasteiger partial charge in [-0.05, 0) is 69.7 Å². The van der Waals surface area contributed by atoms with E-state index in [4.69, 9.17) is 9.47 Å². The van der Waals surface area contributed by atoms with Crippen molar-refractivity contribution in [2.24, 2.45) is 0 Å². The molecule has 1 atom stereocenters. The van der Waals surface area contributed by atoms with E-state index in [9.17, 15) is 14.4 Å². The Bertz CT molecular complexity index is 1400. The van der Waals surface area contributed by atoms with Crippen LogP contribution in [0.3, 0.4) is 0 Å². The molecule has 3 heterocycles. The van der Waals surface area contributed by atoms with E-state index in [1.807, 2.05) is 38.2 Å². The van der Waals surface area contributed by atoms with E-state index in [0.29, 0.717) is 23.2 Å². The van der Waals surface area contributed by atoms with Crippen molar-refractivity contribution in [2.45, 2.75) is 51.7 Å². The van der Waals surface area contributed by atoms with Gasteiger partial charge in [-0.1, -0.05) is 20.8 Å². The first kappa shape index (κ1) is 28.8. The molecule has 0 amide bonds. The third-order valence-electron chi connectivity index (χ3n) is 7.05. The van der Waals surface area contributed by atoms with Crippen molar-refractivity contribution in [3.63, 3.8) is 0 Å². The number of halogens is 1. The van der Waals surface area contributed by atoms with Gasteiger partial charge in [0.2, 0.25) is 0 Å². The Morgan fingerprint density at radius 1 is 1.33 bits per heavy atom. The van der Waals surface area contributed by atoms with Gasteiger partial charge >= 0.3 is 0 Å². The fourth-order valence-electron chi connectivity index (χ4n) is 4.83. The van der Waals surface area contributed by atoms with Crippen LogP contribution >= 0.6 is 12.1 Å². The largest absolute Gasteiger partial charge is 0.453 e. The summed E-state index contributed by atoms with van der Waals surface area (Å²) in [6.45, 7) is 9.05. The zero-order chi connectivity index (χ0) is 28.0. The average molecular weight is 555 g/mol. The summed E-state index contributed by atoms with van der Waals surface area (Å²) in [5.41, 5.74) is 0.590. The summed E-state index contributed by atoms with van der Waals surface area (Å²) in [5.74, 6) is -0.629. The molecule has 0 aliphatic carbocycles. The van der Waals surface area contributed by atoms with Gasteiger partial charge in [-0.2, -0.15) is 5.26 Å². The van der Waals surface area contributed by atoms with E-state index in [2.05, 4.69) is 15.0 Å². The highest BCUT2D eigenvalue weighted by Crippen LogP contribution is 2.39. The van der Waals surface area contributed by atoms with E-state index in [1.165, 1.54) is 24.3 Å². The number of piperidine rings is 1.